The van der Waals surface area contributed by atoms with Crippen molar-refractivity contribution in [3.8, 4) is 11.8 Å². The Balaban J connectivity index is 1.91. The van der Waals surface area contributed by atoms with Crippen molar-refractivity contribution in [2.24, 2.45) is 0 Å². The van der Waals surface area contributed by atoms with Gasteiger partial charge in [0.25, 0.3) is 0 Å². The fraction of sp³-hybridized carbons (Fsp3) is 0.500. The number of hydrogen-bond donors (Lipinski definition) is 1. The van der Waals surface area contributed by atoms with Gasteiger partial charge in [-0.05, 0) is 6.07 Å². The Hall–Kier alpha value is -0.860. The van der Waals surface area contributed by atoms with Crippen LogP contribution in [-0.2, 0) is 11.3 Å². The summed E-state index contributed by atoms with van der Waals surface area (Å²) in [7, 11) is 0. The summed E-state index contributed by atoms with van der Waals surface area (Å²) in [6, 6.07) is 2.10. The highest BCUT2D eigenvalue weighted by Gasteiger charge is 2.11. The molecule has 0 spiro atoms. The lowest BCUT2D eigenvalue weighted by atomic mass is 10.3. The number of hydrogen-bond acceptors (Lipinski definition) is 4. The van der Waals surface area contributed by atoms with Crippen molar-refractivity contribution in [1.29, 1.82) is 0 Å². The molecule has 0 unspecified atom stereocenters. The normalized spacial score (nSPS) is 16.8. The van der Waals surface area contributed by atoms with E-state index in [1.54, 1.807) is 11.3 Å². The van der Waals surface area contributed by atoms with Crippen LogP contribution in [0.2, 0.25) is 0 Å². The summed E-state index contributed by atoms with van der Waals surface area (Å²) in [5.41, 5.74) is 1.00. The van der Waals surface area contributed by atoms with E-state index < -0.39 is 0 Å². The minimum atomic E-state index is -0.0748. The number of aliphatic hydroxyl groups excluding tert-OH is 1. The molecule has 1 N–H and O–H groups in total. The second kappa shape index (κ2) is 6.02. The zero-order chi connectivity index (χ0) is 11.2. The van der Waals surface area contributed by atoms with Crippen LogP contribution in [-0.4, -0.2) is 42.9 Å². The minimum Gasteiger partial charge on any atom is -0.384 e. The Morgan fingerprint density at radius 2 is 2.25 bits per heavy atom. The smallest absolute Gasteiger partial charge is 0.104 e. The Labute approximate surface area is 99.7 Å². The number of nitrogens with zero attached hydrogens (tertiary/aromatic N) is 1. The van der Waals surface area contributed by atoms with Crippen LogP contribution < -0.4 is 0 Å². The molecule has 1 aliphatic heterocycles. The van der Waals surface area contributed by atoms with Crippen molar-refractivity contribution in [2.45, 2.75) is 6.54 Å². The van der Waals surface area contributed by atoms with Crippen molar-refractivity contribution >= 4 is 11.3 Å². The summed E-state index contributed by atoms with van der Waals surface area (Å²) in [5, 5.41) is 10.6. The lowest BCUT2D eigenvalue weighted by Crippen LogP contribution is -2.35. The monoisotopic (exact) mass is 237 g/mol. The standard InChI is InChI=1S/C12H15NO2S/c14-5-1-2-11-8-12(16-10-11)9-13-3-6-15-7-4-13/h8,10,14H,3-7,9H2. The minimum absolute atomic E-state index is 0.0748. The molecule has 0 amide bonds. The predicted octanol–water partition coefficient (Wildman–Crippen LogP) is 0.924. The molecule has 2 rings (SSSR count). The molecule has 0 bridgehead atoms. The van der Waals surface area contributed by atoms with Gasteiger partial charge in [-0.3, -0.25) is 4.90 Å². The first kappa shape index (κ1) is 11.6. The highest BCUT2D eigenvalue weighted by atomic mass is 32.1. The molecule has 16 heavy (non-hydrogen) atoms. The van der Waals surface area contributed by atoms with Crippen LogP contribution in [0.5, 0.6) is 0 Å². The molecule has 0 radical (unpaired) electrons. The van der Waals surface area contributed by atoms with Gasteiger partial charge in [-0.25, -0.2) is 0 Å². The van der Waals surface area contributed by atoms with E-state index >= 15 is 0 Å². The zero-order valence-electron chi connectivity index (χ0n) is 9.11. The van der Waals surface area contributed by atoms with Gasteiger partial charge in [0.05, 0.1) is 13.2 Å². The third-order valence-corrected chi connectivity index (χ3v) is 3.37. The highest BCUT2D eigenvalue weighted by molar-refractivity contribution is 7.10. The molecule has 0 saturated carbocycles. The predicted molar refractivity (Wildman–Crippen MR) is 64.4 cm³/mol. The van der Waals surface area contributed by atoms with Gasteiger partial charge in [-0.1, -0.05) is 11.8 Å². The van der Waals surface area contributed by atoms with Crippen LogP contribution in [0.3, 0.4) is 0 Å². The van der Waals surface area contributed by atoms with Crippen molar-refractivity contribution in [2.75, 3.05) is 32.9 Å². The SMILES string of the molecule is OCC#Cc1csc(CN2CCOCC2)c1. The Morgan fingerprint density at radius 3 is 3.00 bits per heavy atom. The molecule has 1 saturated heterocycles. The fourth-order valence-corrected chi connectivity index (χ4v) is 2.51. The van der Waals surface area contributed by atoms with Crippen molar-refractivity contribution < 1.29 is 9.84 Å². The van der Waals surface area contributed by atoms with Crippen LogP contribution in [0.25, 0.3) is 0 Å². The molecular weight excluding hydrogens is 222 g/mol. The van der Waals surface area contributed by atoms with E-state index in [2.05, 4.69) is 22.8 Å². The van der Waals surface area contributed by atoms with Crippen LogP contribution in [0.4, 0.5) is 0 Å². The Kier molecular flexibility index (Phi) is 4.37. The number of thiophene rings is 1. The Morgan fingerprint density at radius 1 is 1.44 bits per heavy atom. The summed E-state index contributed by atoms with van der Waals surface area (Å²) in [4.78, 5) is 3.71. The average Bonchev–Trinajstić information content (AvgIpc) is 2.75. The molecule has 1 aromatic rings. The maximum Gasteiger partial charge on any atom is 0.104 e. The lowest BCUT2D eigenvalue weighted by Gasteiger charge is -2.25. The average molecular weight is 237 g/mol. The Bertz CT molecular complexity index is 385. The van der Waals surface area contributed by atoms with E-state index in [-0.39, 0.29) is 6.61 Å². The van der Waals surface area contributed by atoms with Crippen LogP contribution in [0, 0.1) is 11.8 Å². The number of aliphatic hydroxyl groups is 1. The summed E-state index contributed by atoms with van der Waals surface area (Å²) >= 11 is 1.73. The van der Waals surface area contributed by atoms with Gasteiger partial charge in [0.1, 0.15) is 6.61 Å². The third kappa shape index (κ3) is 3.32. The summed E-state index contributed by atoms with van der Waals surface area (Å²) in [6.07, 6.45) is 0. The van der Waals surface area contributed by atoms with E-state index in [0.29, 0.717) is 0 Å². The topological polar surface area (TPSA) is 32.7 Å². The first-order chi connectivity index (χ1) is 7.88. The summed E-state index contributed by atoms with van der Waals surface area (Å²) in [6.45, 7) is 4.60. The van der Waals surface area contributed by atoms with Crippen molar-refractivity contribution in [1.82, 2.24) is 4.90 Å². The first-order valence-electron chi connectivity index (χ1n) is 5.36. The third-order valence-electron chi connectivity index (χ3n) is 2.45. The molecule has 1 aromatic heterocycles. The molecule has 1 aliphatic rings. The van der Waals surface area contributed by atoms with Crippen molar-refractivity contribution in [3.05, 3.63) is 21.9 Å². The van der Waals surface area contributed by atoms with E-state index in [1.165, 1.54) is 4.88 Å². The van der Waals surface area contributed by atoms with Crippen LogP contribution in [0.15, 0.2) is 11.4 Å². The molecule has 1 fully saturated rings. The quantitative estimate of drug-likeness (QED) is 0.777. The van der Waals surface area contributed by atoms with Gasteiger partial charge >= 0.3 is 0 Å². The molecule has 0 aliphatic carbocycles. The van der Waals surface area contributed by atoms with Crippen molar-refractivity contribution in [3.63, 3.8) is 0 Å². The summed E-state index contributed by atoms with van der Waals surface area (Å²) in [5.74, 6) is 5.58. The van der Waals surface area contributed by atoms with Gasteiger partial charge in [0.2, 0.25) is 0 Å². The van der Waals surface area contributed by atoms with Gasteiger partial charge in [-0.2, -0.15) is 0 Å². The molecule has 4 heteroatoms. The van der Waals surface area contributed by atoms with Crippen LogP contribution >= 0.6 is 11.3 Å². The van der Waals surface area contributed by atoms with E-state index in [9.17, 15) is 0 Å². The molecule has 2 heterocycles. The van der Waals surface area contributed by atoms with E-state index in [4.69, 9.17) is 9.84 Å². The number of ether oxygens (including phenoxy) is 1. The largest absolute Gasteiger partial charge is 0.384 e. The molecule has 0 atom stereocenters. The van der Waals surface area contributed by atoms with Gasteiger partial charge in [0.15, 0.2) is 0 Å². The lowest BCUT2D eigenvalue weighted by molar-refractivity contribution is 0.0346. The molecule has 0 aromatic carbocycles. The van der Waals surface area contributed by atoms with E-state index in [0.717, 1.165) is 38.4 Å². The summed E-state index contributed by atoms with van der Waals surface area (Å²) < 4.78 is 5.31. The van der Waals surface area contributed by atoms with E-state index in [1.807, 2.05) is 5.38 Å². The number of morpholine rings is 1. The van der Waals surface area contributed by atoms with Gasteiger partial charge in [0, 0.05) is 35.5 Å². The first-order valence-corrected chi connectivity index (χ1v) is 6.23. The second-order valence-electron chi connectivity index (χ2n) is 3.65. The van der Waals surface area contributed by atoms with Gasteiger partial charge < -0.3 is 9.84 Å². The maximum atomic E-state index is 8.60. The zero-order valence-corrected chi connectivity index (χ0v) is 9.92. The molecule has 3 nitrogen and oxygen atoms in total. The van der Waals surface area contributed by atoms with Crippen LogP contribution in [0.1, 0.15) is 10.4 Å². The molecular formula is C12H15NO2S. The van der Waals surface area contributed by atoms with Gasteiger partial charge in [-0.15, -0.1) is 11.3 Å². The molecule has 86 valence electrons. The maximum absolute atomic E-state index is 8.60. The highest BCUT2D eigenvalue weighted by Crippen LogP contribution is 2.16. The number of rotatable bonds is 2. The fourth-order valence-electron chi connectivity index (χ4n) is 1.65. The second-order valence-corrected chi connectivity index (χ2v) is 4.65.